The zero-order chi connectivity index (χ0) is 19.2. The van der Waals surface area contributed by atoms with E-state index >= 15 is 0 Å². The van der Waals surface area contributed by atoms with E-state index in [1.165, 1.54) is 0 Å². The Hall–Kier alpha value is -2.21. The third kappa shape index (κ3) is 5.39. The average Bonchev–Trinajstić information content (AvgIpc) is 3.12. The average molecular weight is 386 g/mol. The molecule has 1 aliphatic carbocycles. The lowest BCUT2D eigenvalue weighted by Crippen LogP contribution is -2.36. The van der Waals surface area contributed by atoms with E-state index in [2.05, 4.69) is 15.6 Å². The van der Waals surface area contributed by atoms with Crippen LogP contribution >= 0.6 is 11.3 Å². The van der Waals surface area contributed by atoms with E-state index in [-0.39, 0.29) is 17.9 Å². The van der Waals surface area contributed by atoms with Gasteiger partial charge in [-0.1, -0.05) is 6.07 Å². The first-order valence-electron chi connectivity index (χ1n) is 9.54. The van der Waals surface area contributed by atoms with Gasteiger partial charge in [-0.2, -0.15) is 0 Å². The number of pyridine rings is 1. The highest BCUT2D eigenvalue weighted by atomic mass is 32.1. The number of carbonyl (C=O) groups excluding carboxylic acids is 2. The highest BCUT2D eigenvalue weighted by Gasteiger charge is 2.30. The minimum Gasteiger partial charge on any atom is -0.352 e. The molecule has 6 heteroatoms. The molecule has 27 heavy (non-hydrogen) atoms. The predicted molar refractivity (Wildman–Crippen MR) is 108 cm³/mol. The van der Waals surface area contributed by atoms with Gasteiger partial charge in [-0.15, -0.1) is 11.3 Å². The SMILES string of the molecule is CC(=O)NC(c1ccccn1)C1CCC(CNC(=O)c2csc(C)c2)CC1. The fourth-order valence-electron chi connectivity index (χ4n) is 3.84. The molecule has 1 atom stereocenters. The number of carbonyl (C=O) groups is 2. The van der Waals surface area contributed by atoms with Gasteiger partial charge in [0.2, 0.25) is 5.91 Å². The molecule has 1 fully saturated rings. The Balaban J connectivity index is 1.52. The summed E-state index contributed by atoms with van der Waals surface area (Å²) in [6, 6.07) is 7.73. The van der Waals surface area contributed by atoms with Gasteiger partial charge in [-0.25, -0.2) is 0 Å². The number of nitrogens with one attached hydrogen (secondary N) is 2. The number of hydrogen-bond donors (Lipinski definition) is 2. The van der Waals surface area contributed by atoms with Crippen molar-refractivity contribution in [3.05, 3.63) is 52.0 Å². The number of hydrogen-bond acceptors (Lipinski definition) is 4. The van der Waals surface area contributed by atoms with Gasteiger partial charge >= 0.3 is 0 Å². The van der Waals surface area contributed by atoms with Gasteiger partial charge in [0.15, 0.2) is 0 Å². The quantitative estimate of drug-likeness (QED) is 0.793. The lowest BCUT2D eigenvalue weighted by molar-refractivity contribution is -0.120. The van der Waals surface area contributed by atoms with Crippen LogP contribution in [-0.4, -0.2) is 23.3 Å². The molecule has 2 heterocycles. The highest BCUT2D eigenvalue weighted by molar-refractivity contribution is 7.10. The smallest absolute Gasteiger partial charge is 0.252 e. The maximum atomic E-state index is 12.2. The molecule has 0 aromatic carbocycles. The Morgan fingerprint density at radius 3 is 2.63 bits per heavy atom. The van der Waals surface area contributed by atoms with Crippen molar-refractivity contribution in [2.75, 3.05) is 6.54 Å². The van der Waals surface area contributed by atoms with Crippen molar-refractivity contribution in [1.29, 1.82) is 0 Å². The summed E-state index contributed by atoms with van der Waals surface area (Å²) < 4.78 is 0. The lowest BCUT2D eigenvalue weighted by atomic mass is 9.77. The van der Waals surface area contributed by atoms with Gasteiger partial charge in [0.25, 0.3) is 5.91 Å². The van der Waals surface area contributed by atoms with Crippen LogP contribution in [0.1, 0.15) is 59.6 Å². The van der Waals surface area contributed by atoms with E-state index < -0.39 is 0 Å². The van der Waals surface area contributed by atoms with E-state index in [0.717, 1.165) is 48.4 Å². The molecule has 0 aliphatic heterocycles. The van der Waals surface area contributed by atoms with Crippen molar-refractivity contribution >= 4 is 23.2 Å². The third-order valence-corrected chi connectivity index (χ3v) is 6.13. The van der Waals surface area contributed by atoms with Gasteiger partial charge in [-0.3, -0.25) is 14.6 Å². The fraction of sp³-hybridized carbons (Fsp3) is 0.476. The molecule has 2 N–H and O–H groups in total. The van der Waals surface area contributed by atoms with Gasteiger partial charge in [-0.05, 0) is 62.6 Å². The Bertz CT molecular complexity index is 767. The Kier molecular flexibility index (Phi) is 6.61. The molecule has 5 nitrogen and oxygen atoms in total. The van der Waals surface area contributed by atoms with Crippen molar-refractivity contribution in [1.82, 2.24) is 15.6 Å². The summed E-state index contributed by atoms with van der Waals surface area (Å²) in [5.41, 5.74) is 1.68. The molecule has 0 saturated heterocycles. The number of thiophene rings is 1. The van der Waals surface area contributed by atoms with Crippen LogP contribution in [-0.2, 0) is 4.79 Å². The predicted octanol–water partition coefficient (Wildman–Crippen LogP) is 3.87. The number of aromatic nitrogens is 1. The maximum absolute atomic E-state index is 12.2. The molecule has 0 spiro atoms. The first-order chi connectivity index (χ1) is 13.0. The molecule has 1 aliphatic rings. The molecular weight excluding hydrogens is 358 g/mol. The molecular formula is C21H27N3O2S. The van der Waals surface area contributed by atoms with Gasteiger partial charge in [0.05, 0.1) is 17.3 Å². The second-order valence-electron chi connectivity index (χ2n) is 7.37. The summed E-state index contributed by atoms with van der Waals surface area (Å²) in [6.07, 6.45) is 5.93. The topological polar surface area (TPSA) is 71.1 Å². The summed E-state index contributed by atoms with van der Waals surface area (Å²) >= 11 is 1.60. The molecule has 0 radical (unpaired) electrons. The molecule has 1 unspecified atom stereocenters. The number of aryl methyl sites for hydroxylation is 1. The molecule has 1 saturated carbocycles. The summed E-state index contributed by atoms with van der Waals surface area (Å²) in [4.78, 5) is 29.5. The second kappa shape index (κ2) is 9.13. The molecule has 2 aromatic heterocycles. The van der Waals surface area contributed by atoms with Crippen molar-refractivity contribution in [2.45, 2.75) is 45.6 Å². The Morgan fingerprint density at radius 2 is 2.04 bits per heavy atom. The van der Waals surface area contributed by atoms with Crippen molar-refractivity contribution in [3.63, 3.8) is 0 Å². The summed E-state index contributed by atoms with van der Waals surface area (Å²) in [5, 5.41) is 8.07. The maximum Gasteiger partial charge on any atom is 0.252 e. The normalized spacial score (nSPS) is 20.7. The first kappa shape index (κ1) is 19.5. The largest absolute Gasteiger partial charge is 0.352 e. The minimum atomic E-state index is -0.0342. The zero-order valence-electron chi connectivity index (χ0n) is 15.9. The minimum absolute atomic E-state index is 0.0195. The summed E-state index contributed by atoms with van der Waals surface area (Å²) in [5.74, 6) is 0.874. The van der Waals surface area contributed by atoms with E-state index in [4.69, 9.17) is 0 Å². The lowest BCUT2D eigenvalue weighted by Gasteiger charge is -2.34. The molecule has 144 valence electrons. The van der Waals surface area contributed by atoms with Crippen molar-refractivity contribution in [3.8, 4) is 0 Å². The zero-order valence-corrected chi connectivity index (χ0v) is 16.7. The first-order valence-corrected chi connectivity index (χ1v) is 10.4. The van der Waals surface area contributed by atoms with Crippen molar-refractivity contribution in [2.24, 2.45) is 11.8 Å². The Morgan fingerprint density at radius 1 is 1.26 bits per heavy atom. The number of nitrogens with zero attached hydrogens (tertiary/aromatic N) is 1. The van der Waals surface area contributed by atoms with E-state index in [0.29, 0.717) is 11.8 Å². The number of rotatable bonds is 6. The second-order valence-corrected chi connectivity index (χ2v) is 8.49. The summed E-state index contributed by atoms with van der Waals surface area (Å²) in [6.45, 7) is 4.29. The summed E-state index contributed by atoms with van der Waals surface area (Å²) in [7, 11) is 0. The monoisotopic (exact) mass is 385 g/mol. The third-order valence-electron chi connectivity index (χ3n) is 5.27. The number of amides is 2. The van der Waals surface area contributed by atoms with Crippen LogP contribution in [0.4, 0.5) is 0 Å². The van der Waals surface area contributed by atoms with E-state index in [1.54, 1.807) is 24.5 Å². The van der Waals surface area contributed by atoms with Crippen LogP contribution < -0.4 is 10.6 Å². The molecule has 2 amide bonds. The van der Waals surface area contributed by atoms with E-state index in [1.807, 2.05) is 36.6 Å². The van der Waals surface area contributed by atoms with Gasteiger partial charge < -0.3 is 10.6 Å². The van der Waals surface area contributed by atoms with Gasteiger partial charge in [0.1, 0.15) is 0 Å². The van der Waals surface area contributed by atoms with E-state index in [9.17, 15) is 9.59 Å². The van der Waals surface area contributed by atoms with Crippen LogP contribution in [0.5, 0.6) is 0 Å². The van der Waals surface area contributed by atoms with Crippen LogP contribution in [0.15, 0.2) is 35.8 Å². The highest BCUT2D eigenvalue weighted by Crippen LogP contribution is 2.36. The van der Waals surface area contributed by atoms with Crippen LogP contribution in [0.2, 0.25) is 0 Å². The Labute approximate surface area is 164 Å². The van der Waals surface area contributed by atoms with Gasteiger partial charge in [0, 0.05) is 29.9 Å². The molecule has 0 bridgehead atoms. The molecule has 2 aromatic rings. The van der Waals surface area contributed by atoms with Crippen LogP contribution in [0.3, 0.4) is 0 Å². The molecule has 3 rings (SSSR count). The van der Waals surface area contributed by atoms with Crippen LogP contribution in [0, 0.1) is 18.8 Å². The van der Waals surface area contributed by atoms with Crippen molar-refractivity contribution < 1.29 is 9.59 Å². The standard InChI is InChI=1S/C21H27N3O2S/c1-14-11-18(13-27-14)21(26)23-12-16-6-8-17(9-7-16)20(24-15(2)25)19-5-3-4-10-22-19/h3-5,10-11,13,16-17,20H,6-9,12H2,1-2H3,(H,23,26)(H,24,25). The fourth-order valence-corrected chi connectivity index (χ4v) is 4.52. The van der Waals surface area contributed by atoms with Crippen LogP contribution in [0.25, 0.3) is 0 Å².